The minimum Gasteiger partial charge on any atom is -0.497 e. The Labute approximate surface area is 233 Å². The number of amides is 2. The lowest BCUT2D eigenvalue weighted by Crippen LogP contribution is -2.38. The third-order valence-electron chi connectivity index (χ3n) is 7.59. The SMILES string of the molecule is CCCCOc1c(OCCCC)c(C(=O)N2CCCCC2)n(-c2ccc(OC)cc2)c1C(=O)N1CCCCC1. The van der Waals surface area contributed by atoms with Crippen LogP contribution in [0.1, 0.15) is 99.0 Å². The zero-order valence-electron chi connectivity index (χ0n) is 24.0. The summed E-state index contributed by atoms with van der Waals surface area (Å²) in [6.45, 7) is 7.90. The Hall–Kier alpha value is -3.16. The number of methoxy groups -OCH3 is 1. The molecular formula is C31H45N3O5. The number of hydrogen-bond acceptors (Lipinski definition) is 5. The molecule has 0 spiro atoms. The lowest BCUT2D eigenvalue weighted by atomic mass is 10.1. The van der Waals surface area contributed by atoms with Crippen molar-refractivity contribution in [3.05, 3.63) is 35.7 Å². The molecule has 0 unspecified atom stereocenters. The summed E-state index contributed by atoms with van der Waals surface area (Å²) in [4.78, 5) is 32.4. The molecule has 0 radical (unpaired) electrons. The van der Waals surface area contributed by atoms with Crippen molar-refractivity contribution in [1.82, 2.24) is 14.4 Å². The number of aromatic nitrogens is 1. The van der Waals surface area contributed by atoms with Crippen LogP contribution >= 0.6 is 0 Å². The Morgan fingerprint density at radius 3 is 1.51 bits per heavy atom. The van der Waals surface area contributed by atoms with Crippen molar-refractivity contribution >= 4 is 11.8 Å². The molecule has 2 aliphatic rings. The first kappa shape index (κ1) is 28.8. The predicted molar refractivity (Wildman–Crippen MR) is 153 cm³/mol. The van der Waals surface area contributed by atoms with Crippen molar-refractivity contribution in [3.63, 3.8) is 0 Å². The first-order chi connectivity index (χ1) is 19.1. The molecule has 0 saturated carbocycles. The smallest absolute Gasteiger partial charge is 0.274 e. The first-order valence-corrected chi connectivity index (χ1v) is 14.9. The molecule has 0 bridgehead atoms. The summed E-state index contributed by atoms with van der Waals surface area (Å²) < 4.78 is 20.0. The number of carbonyl (C=O) groups is 2. The summed E-state index contributed by atoms with van der Waals surface area (Å²) in [5.41, 5.74) is 1.47. The Kier molecular flexibility index (Phi) is 10.6. The van der Waals surface area contributed by atoms with Crippen LogP contribution in [0.2, 0.25) is 0 Å². The van der Waals surface area contributed by atoms with Crippen molar-refractivity contribution in [2.45, 2.75) is 78.1 Å². The molecule has 2 amide bonds. The van der Waals surface area contributed by atoms with Gasteiger partial charge in [-0.1, -0.05) is 26.7 Å². The van der Waals surface area contributed by atoms with E-state index >= 15 is 0 Å². The topological polar surface area (TPSA) is 73.2 Å². The monoisotopic (exact) mass is 539 g/mol. The first-order valence-electron chi connectivity index (χ1n) is 14.9. The predicted octanol–water partition coefficient (Wildman–Crippen LogP) is 6.10. The van der Waals surface area contributed by atoms with E-state index in [1.54, 1.807) is 11.7 Å². The van der Waals surface area contributed by atoms with E-state index in [2.05, 4.69) is 13.8 Å². The number of benzene rings is 1. The van der Waals surface area contributed by atoms with E-state index in [0.29, 0.717) is 73.7 Å². The lowest BCUT2D eigenvalue weighted by molar-refractivity contribution is 0.0706. The van der Waals surface area contributed by atoms with Crippen LogP contribution in [-0.2, 0) is 0 Å². The van der Waals surface area contributed by atoms with Gasteiger partial charge in [0.15, 0.2) is 22.9 Å². The highest BCUT2D eigenvalue weighted by Crippen LogP contribution is 2.43. The normalized spacial score (nSPS) is 15.8. The Balaban J connectivity index is 1.94. The standard InChI is InChI=1S/C31H45N3O5/c1-4-6-22-38-28-26(30(35)32-18-10-8-11-19-32)34(24-14-16-25(37-3)17-15-24)27(29(28)39-23-7-5-2)31(36)33-20-12-9-13-21-33/h14-17H,4-13,18-23H2,1-3H3. The second-order valence-corrected chi connectivity index (χ2v) is 10.5. The quantitative estimate of drug-likeness (QED) is 0.305. The van der Waals surface area contributed by atoms with Gasteiger partial charge in [-0.2, -0.15) is 0 Å². The van der Waals surface area contributed by atoms with Gasteiger partial charge in [-0.05, 0) is 75.6 Å². The van der Waals surface area contributed by atoms with E-state index in [1.807, 2.05) is 34.1 Å². The van der Waals surface area contributed by atoms with Crippen LogP contribution in [0.4, 0.5) is 0 Å². The minimum absolute atomic E-state index is 0.116. The van der Waals surface area contributed by atoms with Crippen LogP contribution in [0.5, 0.6) is 17.2 Å². The molecule has 1 aromatic heterocycles. The van der Waals surface area contributed by atoms with E-state index in [1.165, 1.54) is 0 Å². The molecular weight excluding hydrogens is 494 g/mol. The van der Waals surface area contributed by atoms with E-state index in [-0.39, 0.29) is 11.8 Å². The zero-order valence-corrected chi connectivity index (χ0v) is 24.0. The van der Waals surface area contributed by atoms with Gasteiger partial charge in [0, 0.05) is 31.9 Å². The molecule has 214 valence electrons. The maximum absolute atomic E-state index is 14.3. The summed E-state index contributed by atoms with van der Waals surface area (Å²) in [7, 11) is 1.63. The summed E-state index contributed by atoms with van der Waals surface area (Å²) in [6.07, 6.45) is 9.73. The molecule has 1 aromatic carbocycles. The molecule has 2 fully saturated rings. The Morgan fingerprint density at radius 2 is 1.13 bits per heavy atom. The summed E-state index contributed by atoms with van der Waals surface area (Å²) in [6, 6.07) is 7.50. The van der Waals surface area contributed by atoms with Crippen molar-refractivity contribution in [2.75, 3.05) is 46.5 Å². The second-order valence-electron chi connectivity index (χ2n) is 10.5. The van der Waals surface area contributed by atoms with E-state index in [9.17, 15) is 9.59 Å². The van der Waals surface area contributed by atoms with Crippen molar-refractivity contribution in [3.8, 4) is 22.9 Å². The van der Waals surface area contributed by atoms with Crippen molar-refractivity contribution in [1.29, 1.82) is 0 Å². The molecule has 2 saturated heterocycles. The van der Waals surface area contributed by atoms with Crippen LogP contribution in [0.25, 0.3) is 5.69 Å². The molecule has 8 heteroatoms. The van der Waals surface area contributed by atoms with Gasteiger partial charge >= 0.3 is 0 Å². The highest BCUT2D eigenvalue weighted by Gasteiger charge is 2.38. The van der Waals surface area contributed by atoms with Gasteiger partial charge in [0.25, 0.3) is 11.8 Å². The maximum atomic E-state index is 14.3. The van der Waals surface area contributed by atoms with Crippen LogP contribution in [0.15, 0.2) is 24.3 Å². The average molecular weight is 540 g/mol. The highest BCUT2D eigenvalue weighted by atomic mass is 16.5. The second kappa shape index (κ2) is 14.3. The number of ether oxygens (including phenoxy) is 3. The zero-order chi connectivity index (χ0) is 27.6. The average Bonchev–Trinajstić information content (AvgIpc) is 3.31. The van der Waals surface area contributed by atoms with Crippen LogP contribution < -0.4 is 14.2 Å². The van der Waals surface area contributed by atoms with Gasteiger partial charge in [-0.15, -0.1) is 0 Å². The van der Waals surface area contributed by atoms with E-state index in [0.717, 1.165) is 64.2 Å². The number of rotatable bonds is 12. The third kappa shape index (κ3) is 6.71. The number of hydrogen-bond donors (Lipinski definition) is 0. The van der Waals surface area contributed by atoms with Gasteiger partial charge in [0.05, 0.1) is 20.3 Å². The molecule has 2 aromatic rings. The van der Waals surface area contributed by atoms with E-state index < -0.39 is 0 Å². The lowest BCUT2D eigenvalue weighted by Gasteiger charge is -2.29. The fourth-order valence-electron chi connectivity index (χ4n) is 5.30. The molecule has 8 nitrogen and oxygen atoms in total. The van der Waals surface area contributed by atoms with Crippen LogP contribution in [0, 0.1) is 0 Å². The van der Waals surface area contributed by atoms with Gasteiger partial charge in [-0.3, -0.25) is 14.2 Å². The van der Waals surface area contributed by atoms with Crippen LogP contribution in [0.3, 0.4) is 0 Å². The fraction of sp³-hybridized carbons (Fsp3) is 0.613. The number of nitrogens with zero attached hydrogens (tertiary/aromatic N) is 3. The van der Waals surface area contributed by atoms with E-state index in [4.69, 9.17) is 14.2 Å². The molecule has 3 heterocycles. The Bertz CT molecular complexity index is 1020. The fourth-order valence-corrected chi connectivity index (χ4v) is 5.30. The number of unbranched alkanes of at least 4 members (excludes halogenated alkanes) is 2. The van der Waals surface area contributed by atoms with Crippen molar-refractivity contribution < 1.29 is 23.8 Å². The van der Waals surface area contributed by atoms with Crippen molar-refractivity contribution in [2.24, 2.45) is 0 Å². The number of likely N-dealkylation sites (tertiary alicyclic amines) is 2. The van der Waals surface area contributed by atoms with Crippen LogP contribution in [-0.4, -0.2) is 72.7 Å². The molecule has 4 rings (SSSR count). The summed E-state index contributed by atoms with van der Waals surface area (Å²) in [5, 5.41) is 0. The third-order valence-corrected chi connectivity index (χ3v) is 7.59. The Morgan fingerprint density at radius 1 is 0.692 bits per heavy atom. The van der Waals surface area contributed by atoms with Gasteiger partial charge < -0.3 is 24.0 Å². The molecule has 2 aliphatic heterocycles. The summed E-state index contributed by atoms with van der Waals surface area (Å²) >= 11 is 0. The molecule has 39 heavy (non-hydrogen) atoms. The van der Waals surface area contributed by atoms with Gasteiger partial charge in [0.2, 0.25) is 0 Å². The van der Waals surface area contributed by atoms with Gasteiger partial charge in [0.1, 0.15) is 5.75 Å². The number of piperidine rings is 2. The maximum Gasteiger partial charge on any atom is 0.274 e. The summed E-state index contributed by atoms with van der Waals surface area (Å²) in [5.74, 6) is 1.26. The number of carbonyl (C=O) groups excluding carboxylic acids is 2. The van der Waals surface area contributed by atoms with Gasteiger partial charge in [-0.25, -0.2) is 0 Å². The highest BCUT2D eigenvalue weighted by molar-refractivity contribution is 6.04. The largest absolute Gasteiger partial charge is 0.497 e. The molecule has 0 N–H and O–H groups in total. The molecule has 0 atom stereocenters. The molecule has 0 aliphatic carbocycles. The minimum atomic E-state index is -0.116.